The van der Waals surface area contributed by atoms with Crippen molar-refractivity contribution in [3.8, 4) is 0 Å². The fourth-order valence-electron chi connectivity index (χ4n) is 6.89. The number of carbonyl (C=O) groups is 4. The third-order valence-corrected chi connectivity index (χ3v) is 9.99. The van der Waals surface area contributed by atoms with Crippen molar-refractivity contribution in [2.45, 2.75) is 133 Å². The van der Waals surface area contributed by atoms with Crippen molar-refractivity contribution in [1.29, 1.82) is 0 Å². The predicted molar refractivity (Wildman–Crippen MR) is 190 cm³/mol. The SMILES string of the molecule is C/C=C/CCCC/C=C/CCCCC(=O)OC1C(O)C2(CCC(C)C(O)C(C)C/C=C/c3ccccc3)OC(C(=O)O)C(O)(C(=O)O)C1(C(=O)O)O2. The molecule has 2 fully saturated rings. The molecule has 52 heavy (non-hydrogen) atoms. The summed E-state index contributed by atoms with van der Waals surface area (Å²) >= 11 is 0. The molecule has 2 aliphatic heterocycles. The molecule has 6 N–H and O–H groups in total. The maximum atomic E-state index is 13.0. The van der Waals surface area contributed by atoms with E-state index in [0.29, 0.717) is 25.7 Å². The molecule has 288 valence electrons. The first-order chi connectivity index (χ1) is 24.7. The summed E-state index contributed by atoms with van der Waals surface area (Å²) in [4.78, 5) is 50.9. The number of fused-ring (bicyclic) bond motifs is 2. The minimum atomic E-state index is -3.83. The van der Waals surface area contributed by atoms with Crippen LogP contribution in [0.15, 0.2) is 60.7 Å². The molecule has 1 aromatic rings. The van der Waals surface area contributed by atoms with Crippen LogP contribution in [0.1, 0.15) is 97.0 Å². The first-order valence-corrected chi connectivity index (χ1v) is 18.0. The molecule has 2 aliphatic rings. The van der Waals surface area contributed by atoms with Crippen molar-refractivity contribution >= 4 is 30.0 Å². The second-order valence-corrected chi connectivity index (χ2v) is 13.8. The van der Waals surface area contributed by atoms with Gasteiger partial charge in [0.15, 0.2) is 6.10 Å². The van der Waals surface area contributed by atoms with Crippen molar-refractivity contribution in [3.05, 3.63) is 66.3 Å². The zero-order valence-corrected chi connectivity index (χ0v) is 30.1. The number of carbonyl (C=O) groups excluding carboxylic acids is 1. The summed E-state index contributed by atoms with van der Waals surface area (Å²) in [6, 6.07) is 9.57. The summed E-state index contributed by atoms with van der Waals surface area (Å²) in [5.74, 6) is -10.9. The average molecular weight is 731 g/mol. The van der Waals surface area contributed by atoms with Gasteiger partial charge in [-0.05, 0) is 82.1 Å². The molecule has 9 atom stereocenters. The third kappa shape index (κ3) is 9.56. The zero-order chi connectivity index (χ0) is 38.5. The van der Waals surface area contributed by atoms with E-state index in [4.69, 9.17) is 14.2 Å². The molecule has 2 saturated heterocycles. The highest BCUT2D eigenvalue weighted by Gasteiger charge is 2.85. The zero-order valence-electron chi connectivity index (χ0n) is 30.1. The van der Waals surface area contributed by atoms with Crippen LogP contribution in [0.2, 0.25) is 0 Å². The lowest BCUT2D eigenvalue weighted by molar-refractivity contribution is -0.374. The molecule has 0 aliphatic carbocycles. The Morgan fingerprint density at radius 1 is 0.885 bits per heavy atom. The summed E-state index contributed by atoms with van der Waals surface area (Å²) in [5, 5.41) is 64.6. The number of unbranched alkanes of at least 4 members (excludes halogenated alkanes) is 5. The molecule has 13 nitrogen and oxygen atoms in total. The van der Waals surface area contributed by atoms with Crippen LogP contribution in [-0.2, 0) is 33.4 Å². The number of aliphatic hydroxyl groups is 3. The van der Waals surface area contributed by atoms with Crippen molar-refractivity contribution in [2.75, 3.05) is 0 Å². The van der Waals surface area contributed by atoms with Crippen molar-refractivity contribution in [1.82, 2.24) is 0 Å². The van der Waals surface area contributed by atoms with Gasteiger partial charge in [-0.25, -0.2) is 14.4 Å². The van der Waals surface area contributed by atoms with E-state index in [1.54, 1.807) is 6.92 Å². The molecule has 13 heteroatoms. The van der Waals surface area contributed by atoms with Gasteiger partial charge >= 0.3 is 23.9 Å². The predicted octanol–water partition coefficient (Wildman–Crippen LogP) is 4.88. The number of aliphatic hydroxyl groups excluding tert-OH is 2. The van der Waals surface area contributed by atoms with Gasteiger partial charge in [-0.2, -0.15) is 0 Å². The van der Waals surface area contributed by atoms with Gasteiger partial charge in [0.05, 0.1) is 6.10 Å². The quantitative estimate of drug-likeness (QED) is 0.0533. The molecule has 3 rings (SSSR count). The summed E-state index contributed by atoms with van der Waals surface area (Å²) in [6.45, 7) is 5.50. The number of aliphatic carboxylic acids is 3. The second-order valence-electron chi connectivity index (χ2n) is 13.8. The number of hydrogen-bond acceptors (Lipinski definition) is 10. The van der Waals surface area contributed by atoms with Crippen molar-refractivity contribution < 1.29 is 64.0 Å². The van der Waals surface area contributed by atoms with Gasteiger partial charge in [0.25, 0.3) is 0 Å². The summed E-state index contributed by atoms with van der Waals surface area (Å²) < 4.78 is 16.6. The van der Waals surface area contributed by atoms with Gasteiger partial charge in [0, 0.05) is 12.8 Å². The summed E-state index contributed by atoms with van der Waals surface area (Å²) in [7, 11) is 0. The lowest BCUT2D eigenvalue weighted by atomic mass is 9.74. The van der Waals surface area contributed by atoms with Crippen LogP contribution in [0.25, 0.3) is 6.08 Å². The monoisotopic (exact) mass is 730 g/mol. The number of hydrogen-bond donors (Lipinski definition) is 6. The second kappa shape index (κ2) is 19.3. The van der Waals surface area contributed by atoms with Crippen LogP contribution in [0.5, 0.6) is 0 Å². The van der Waals surface area contributed by atoms with Crippen LogP contribution in [0.3, 0.4) is 0 Å². The van der Waals surface area contributed by atoms with Gasteiger partial charge in [-0.1, -0.05) is 80.6 Å². The lowest BCUT2D eigenvalue weighted by Crippen LogP contribution is -2.78. The molecule has 0 amide bonds. The Balaban J connectivity index is 1.75. The minimum Gasteiger partial charge on any atom is -0.479 e. The van der Waals surface area contributed by atoms with Crippen LogP contribution in [0, 0.1) is 11.8 Å². The Morgan fingerprint density at radius 3 is 2.08 bits per heavy atom. The van der Waals surface area contributed by atoms with E-state index in [1.807, 2.05) is 68.5 Å². The normalized spacial score (nSPS) is 29.0. The smallest absolute Gasteiger partial charge is 0.344 e. The molecular weight excluding hydrogens is 676 g/mol. The number of ether oxygens (including phenoxy) is 3. The molecule has 0 aromatic heterocycles. The highest BCUT2D eigenvalue weighted by Crippen LogP contribution is 2.56. The highest BCUT2D eigenvalue weighted by molar-refractivity contribution is 5.98. The Hall–Kier alpha value is -3.88. The standard InChI is InChI=1S/C39H54O13/c1-4-5-6-7-8-9-10-11-12-13-17-23-29(40)50-32-31(42)37(51-33(34(43)44)38(49,35(45)46)39(32,52-37)36(47)48)25-24-27(3)30(41)26(2)19-18-22-28-20-15-14-16-21-28/h4-5,10-11,14-16,18,20-22,26-27,30-33,41-42,49H,6-9,12-13,17,19,23-25H2,1-3H3,(H,43,44)(H,45,46)(H,47,48)/b5-4+,11-10+,22-18+. The van der Waals surface area contributed by atoms with Crippen LogP contribution >= 0.6 is 0 Å². The number of carboxylic acid groups (broad SMARTS) is 3. The molecule has 0 saturated carbocycles. The van der Waals surface area contributed by atoms with Crippen molar-refractivity contribution in [3.63, 3.8) is 0 Å². The van der Waals surface area contributed by atoms with Crippen molar-refractivity contribution in [2.24, 2.45) is 11.8 Å². The van der Waals surface area contributed by atoms with E-state index in [2.05, 4.69) is 12.2 Å². The largest absolute Gasteiger partial charge is 0.479 e. The Labute approximate surface area is 304 Å². The summed E-state index contributed by atoms with van der Waals surface area (Å²) in [5.41, 5.74) is -6.32. The minimum absolute atomic E-state index is 0.0253. The van der Waals surface area contributed by atoms with Gasteiger partial charge in [-0.3, -0.25) is 4.79 Å². The van der Waals surface area contributed by atoms with Crippen LogP contribution < -0.4 is 0 Å². The van der Waals surface area contributed by atoms with Gasteiger partial charge in [0.2, 0.25) is 23.1 Å². The fraction of sp³-hybridized carbons (Fsp3) is 0.590. The molecule has 0 radical (unpaired) electrons. The van der Waals surface area contributed by atoms with E-state index >= 15 is 0 Å². The molecular formula is C39H54O13. The van der Waals surface area contributed by atoms with Gasteiger partial charge in [0.1, 0.15) is 6.10 Å². The molecule has 9 unspecified atom stereocenters. The summed E-state index contributed by atoms with van der Waals surface area (Å²) in [6.07, 6.45) is 9.20. The van der Waals surface area contributed by atoms with Crippen LogP contribution in [-0.4, -0.2) is 95.9 Å². The van der Waals surface area contributed by atoms with E-state index < -0.39 is 77.6 Å². The number of esters is 1. The first-order valence-electron chi connectivity index (χ1n) is 18.0. The lowest BCUT2D eigenvalue weighted by Gasteiger charge is -2.48. The van der Waals surface area contributed by atoms with E-state index in [0.717, 1.165) is 31.2 Å². The van der Waals surface area contributed by atoms with E-state index in [-0.39, 0.29) is 18.8 Å². The maximum Gasteiger partial charge on any atom is 0.344 e. The van der Waals surface area contributed by atoms with Gasteiger partial charge in [-0.15, -0.1) is 0 Å². The fourth-order valence-corrected chi connectivity index (χ4v) is 6.89. The van der Waals surface area contributed by atoms with E-state index in [1.165, 1.54) is 0 Å². The number of allylic oxidation sites excluding steroid dienone is 5. The molecule has 2 bridgehead atoms. The van der Waals surface area contributed by atoms with Crippen LogP contribution in [0.4, 0.5) is 0 Å². The van der Waals surface area contributed by atoms with E-state index in [9.17, 15) is 49.8 Å². The maximum absolute atomic E-state index is 13.0. The highest BCUT2D eigenvalue weighted by atomic mass is 16.8. The Bertz CT molecular complexity index is 1440. The number of rotatable bonds is 22. The van der Waals surface area contributed by atoms with Gasteiger partial charge < -0.3 is 44.8 Å². The third-order valence-electron chi connectivity index (χ3n) is 9.99. The topological polar surface area (TPSA) is 217 Å². The average Bonchev–Trinajstić information content (AvgIpc) is 3.32. The Morgan fingerprint density at radius 2 is 1.50 bits per heavy atom. The number of benzene rings is 1. The Kier molecular flexibility index (Phi) is 15.8. The number of carboxylic acids is 3. The molecule has 1 aromatic carbocycles. The molecule has 0 spiro atoms. The first kappa shape index (κ1) is 42.5. The molecule has 2 heterocycles.